The Labute approximate surface area is 85.2 Å². The Morgan fingerprint density at radius 3 is 2.93 bits per heavy atom. The first-order valence-electron chi connectivity index (χ1n) is 5.00. The first-order valence-corrected chi connectivity index (χ1v) is 5.00. The number of hydrogen-bond acceptors (Lipinski definition) is 3. The smallest absolute Gasteiger partial charge is 0.208 e. The summed E-state index contributed by atoms with van der Waals surface area (Å²) in [6.45, 7) is 7.79. The Hall–Kier alpha value is -1.09. The quantitative estimate of drug-likeness (QED) is 0.577. The van der Waals surface area contributed by atoms with E-state index < -0.39 is 0 Å². The molecular formula is C11H18N2O. The van der Waals surface area contributed by atoms with Crippen molar-refractivity contribution < 1.29 is 4.42 Å². The molecular weight excluding hydrogens is 176 g/mol. The van der Waals surface area contributed by atoms with Crippen molar-refractivity contribution in [3.05, 3.63) is 29.5 Å². The molecule has 1 heterocycles. The zero-order chi connectivity index (χ0) is 10.4. The van der Waals surface area contributed by atoms with Crippen LogP contribution in [0.5, 0.6) is 0 Å². The average molecular weight is 194 g/mol. The molecule has 78 valence electrons. The summed E-state index contributed by atoms with van der Waals surface area (Å²) in [6.07, 6.45) is 4.84. The van der Waals surface area contributed by atoms with Gasteiger partial charge in [0.2, 0.25) is 5.89 Å². The molecule has 0 atom stereocenters. The van der Waals surface area contributed by atoms with Crippen LogP contribution < -0.4 is 5.32 Å². The van der Waals surface area contributed by atoms with Crippen molar-refractivity contribution in [2.45, 2.75) is 33.7 Å². The van der Waals surface area contributed by atoms with E-state index in [1.54, 1.807) is 6.20 Å². The second kappa shape index (κ2) is 5.60. The van der Waals surface area contributed by atoms with Gasteiger partial charge in [0.15, 0.2) is 0 Å². The number of allylic oxidation sites excluding steroid dienone is 1. The normalized spacial score (nSPS) is 10.2. The van der Waals surface area contributed by atoms with E-state index in [0.717, 1.165) is 24.6 Å². The highest BCUT2D eigenvalue weighted by atomic mass is 16.4. The number of hydrogen-bond donors (Lipinski definition) is 1. The molecule has 1 aromatic rings. The maximum Gasteiger partial charge on any atom is 0.208 e. The number of oxazole rings is 1. The van der Waals surface area contributed by atoms with Crippen molar-refractivity contribution in [1.82, 2.24) is 10.3 Å². The van der Waals surface area contributed by atoms with E-state index in [2.05, 4.69) is 37.1 Å². The maximum atomic E-state index is 5.45. The van der Waals surface area contributed by atoms with Gasteiger partial charge in [-0.3, -0.25) is 0 Å². The molecule has 14 heavy (non-hydrogen) atoms. The van der Waals surface area contributed by atoms with Crippen molar-refractivity contribution in [1.29, 1.82) is 0 Å². The Kier molecular flexibility index (Phi) is 4.40. The van der Waals surface area contributed by atoms with E-state index in [-0.39, 0.29) is 0 Å². The molecule has 0 unspecified atom stereocenters. The van der Waals surface area contributed by atoms with Crippen LogP contribution in [0.1, 0.15) is 32.4 Å². The third kappa shape index (κ3) is 3.75. The van der Waals surface area contributed by atoms with Crippen LogP contribution in [0, 0.1) is 0 Å². The highest BCUT2D eigenvalue weighted by Crippen LogP contribution is 2.03. The lowest BCUT2D eigenvalue weighted by Gasteiger charge is -1.97. The minimum Gasteiger partial charge on any atom is -0.444 e. The molecule has 1 aromatic heterocycles. The molecule has 0 fully saturated rings. The Balaban J connectivity index is 2.28. The lowest BCUT2D eigenvalue weighted by atomic mass is 10.3. The summed E-state index contributed by atoms with van der Waals surface area (Å²) in [5, 5.41) is 3.24. The topological polar surface area (TPSA) is 38.1 Å². The van der Waals surface area contributed by atoms with Crippen molar-refractivity contribution in [2.24, 2.45) is 0 Å². The zero-order valence-corrected chi connectivity index (χ0v) is 9.13. The van der Waals surface area contributed by atoms with Crippen molar-refractivity contribution in [3.8, 4) is 0 Å². The number of nitrogens with zero attached hydrogens (tertiary/aromatic N) is 1. The number of rotatable bonds is 5. The molecule has 1 rings (SSSR count). The molecule has 0 aliphatic rings. The third-order valence-corrected chi connectivity index (χ3v) is 1.88. The van der Waals surface area contributed by atoms with E-state index in [0.29, 0.717) is 6.54 Å². The van der Waals surface area contributed by atoms with Gasteiger partial charge < -0.3 is 9.73 Å². The summed E-state index contributed by atoms with van der Waals surface area (Å²) in [6, 6.07) is 0. The standard InChI is InChI=1S/C11H18N2O/c1-4-10-7-13-11(14-10)8-12-6-5-9(2)3/h5,7,12H,4,6,8H2,1-3H3. The van der Waals surface area contributed by atoms with Gasteiger partial charge in [-0.2, -0.15) is 0 Å². The van der Waals surface area contributed by atoms with Crippen LogP contribution in [0.4, 0.5) is 0 Å². The number of aromatic nitrogens is 1. The second-order valence-corrected chi connectivity index (χ2v) is 3.49. The second-order valence-electron chi connectivity index (χ2n) is 3.49. The molecule has 3 heteroatoms. The fourth-order valence-corrected chi connectivity index (χ4v) is 1.05. The summed E-state index contributed by atoms with van der Waals surface area (Å²) in [4.78, 5) is 4.15. The first-order chi connectivity index (χ1) is 6.72. The van der Waals surface area contributed by atoms with Crippen molar-refractivity contribution >= 4 is 0 Å². The fourth-order valence-electron chi connectivity index (χ4n) is 1.05. The minimum atomic E-state index is 0.698. The van der Waals surface area contributed by atoms with Gasteiger partial charge in [-0.05, 0) is 13.8 Å². The van der Waals surface area contributed by atoms with Gasteiger partial charge in [-0.25, -0.2) is 4.98 Å². The van der Waals surface area contributed by atoms with Crippen LogP contribution >= 0.6 is 0 Å². The van der Waals surface area contributed by atoms with E-state index in [9.17, 15) is 0 Å². The Bertz CT molecular complexity index is 298. The van der Waals surface area contributed by atoms with Crippen LogP contribution in [0.3, 0.4) is 0 Å². The lowest BCUT2D eigenvalue weighted by molar-refractivity contribution is 0.444. The van der Waals surface area contributed by atoms with Gasteiger partial charge in [0.05, 0.1) is 12.7 Å². The van der Waals surface area contributed by atoms with Gasteiger partial charge in [0.1, 0.15) is 5.76 Å². The largest absolute Gasteiger partial charge is 0.444 e. The molecule has 0 aliphatic carbocycles. The molecule has 3 nitrogen and oxygen atoms in total. The van der Waals surface area contributed by atoms with Gasteiger partial charge in [0.25, 0.3) is 0 Å². The lowest BCUT2D eigenvalue weighted by Crippen LogP contribution is -2.13. The Morgan fingerprint density at radius 2 is 2.36 bits per heavy atom. The number of aryl methyl sites for hydroxylation is 1. The molecule has 0 spiro atoms. The van der Waals surface area contributed by atoms with E-state index in [4.69, 9.17) is 4.42 Å². The van der Waals surface area contributed by atoms with Crippen molar-refractivity contribution in [2.75, 3.05) is 6.54 Å². The third-order valence-electron chi connectivity index (χ3n) is 1.88. The highest BCUT2D eigenvalue weighted by Gasteiger charge is 1.99. The average Bonchev–Trinajstić information content (AvgIpc) is 2.60. The predicted molar refractivity (Wildman–Crippen MR) is 57.0 cm³/mol. The summed E-state index contributed by atoms with van der Waals surface area (Å²) in [5.41, 5.74) is 1.32. The van der Waals surface area contributed by atoms with Crippen LogP contribution in [0.25, 0.3) is 0 Å². The molecule has 0 saturated heterocycles. The monoisotopic (exact) mass is 194 g/mol. The molecule has 0 amide bonds. The SMILES string of the molecule is CCc1cnc(CNCC=C(C)C)o1. The van der Waals surface area contributed by atoms with Gasteiger partial charge in [-0.1, -0.05) is 18.6 Å². The summed E-state index contributed by atoms with van der Waals surface area (Å²) in [5.74, 6) is 1.72. The van der Waals surface area contributed by atoms with Crippen LogP contribution in [0.2, 0.25) is 0 Å². The first kappa shape index (κ1) is 11.0. The van der Waals surface area contributed by atoms with Crippen molar-refractivity contribution in [3.63, 3.8) is 0 Å². The molecule has 0 saturated carbocycles. The van der Waals surface area contributed by atoms with E-state index in [1.165, 1.54) is 5.57 Å². The Morgan fingerprint density at radius 1 is 1.57 bits per heavy atom. The fraction of sp³-hybridized carbons (Fsp3) is 0.545. The minimum absolute atomic E-state index is 0.698. The maximum absolute atomic E-state index is 5.45. The number of nitrogens with one attached hydrogen (secondary N) is 1. The molecule has 0 bridgehead atoms. The predicted octanol–water partition coefficient (Wildman–Crippen LogP) is 2.29. The van der Waals surface area contributed by atoms with Gasteiger partial charge >= 0.3 is 0 Å². The molecule has 0 radical (unpaired) electrons. The summed E-state index contributed by atoms with van der Waals surface area (Å²) >= 11 is 0. The molecule has 0 aromatic carbocycles. The van der Waals surface area contributed by atoms with E-state index in [1.807, 2.05) is 0 Å². The molecule has 1 N–H and O–H groups in total. The van der Waals surface area contributed by atoms with Crippen LogP contribution in [-0.4, -0.2) is 11.5 Å². The zero-order valence-electron chi connectivity index (χ0n) is 9.13. The summed E-state index contributed by atoms with van der Waals surface area (Å²) in [7, 11) is 0. The van der Waals surface area contributed by atoms with Gasteiger partial charge in [-0.15, -0.1) is 0 Å². The summed E-state index contributed by atoms with van der Waals surface area (Å²) < 4.78 is 5.45. The van der Waals surface area contributed by atoms with Crippen LogP contribution in [0.15, 0.2) is 22.3 Å². The van der Waals surface area contributed by atoms with E-state index >= 15 is 0 Å². The van der Waals surface area contributed by atoms with Crippen LogP contribution in [-0.2, 0) is 13.0 Å². The highest BCUT2D eigenvalue weighted by molar-refractivity contribution is 4.96. The van der Waals surface area contributed by atoms with Gasteiger partial charge in [0, 0.05) is 13.0 Å². The molecule has 0 aliphatic heterocycles.